The first-order chi connectivity index (χ1) is 13.5. The standard InChI is InChI=1S/C20H42N4O4P2/c1-14(2)21-29-23(19(5,6)7)30(22-15(3)4,24(29)20(8,9)10)16(18(26)28-12)13-17(25)27-11/h14-15,21-22H,13H2,1-12H3. The number of nitrogens with zero attached hydrogens (tertiary/aromatic N) is 2. The number of nitrogens with one attached hydrogen (secondary N) is 2. The number of hydrogen-bond acceptors (Lipinski definition) is 8. The summed E-state index contributed by atoms with van der Waals surface area (Å²) in [6.07, 6.45) is -0.110. The Balaban J connectivity index is 4.05. The van der Waals surface area contributed by atoms with Crippen LogP contribution in [-0.4, -0.2) is 63.5 Å². The van der Waals surface area contributed by atoms with E-state index in [2.05, 4.69) is 88.3 Å². The topological polar surface area (TPSA) is 83.1 Å². The number of hydrogen-bond donors (Lipinski definition) is 2. The van der Waals surface area contributed by atoms with Crippen LogP contribution in [0.2, 0.25) is 0 Å². The summed E-state index contributed by atoms with van der Waals surface area (Å²) in [5.74, 6) is -0.916. The van der Waals surface area contributed by atoms with Crippen LogP contribution < -0.4 is 10.2 Å². The second-order valence-corrected chi connectivity index (χ2v) is 15.1. The summed E-state index contributed by atoms with van der Waals surface area (Å²) < 4.78 is 14.9. The van der Waals surface area contributed by atoms with Crippen molar-refractivity contribution in [1.29, 1.82) is 0 Å². The minimum absolute atomic E-state index is 0.0848. The highest BCUT2D eigenvalue weighted by Crippen LogP contribution is 2.84. The van der Waals surface area contributed by atoms with Crippen LogP contribution in [0, 0.1) is 0 Å². The quantitative estimate of drug-likeness (QED) is 0.431. The molecule has 1 heterocycles. The zero-order valence-corrected chi connectivity index (χ0v) is 22.6. The highest BCUT2D eigenvalue weighted by atomic mass is 31.3. The van der Waals surface area contributed by atoms with Crippen LogP contribution in [-0.2, 0) is 19.1 Å². The van der Waals surface area contributed by atoms with Crippen LogP contribution in [0.3, 0.4) is 0 Å². The van der Waals surface area contributed by atoms with Gasteiger partial charge in [-0.1, -0.05) is 0 Å². The Hall–Kier alpha value is -0.490. The summed E-state index contributed by atoms with van der Waals surface area (Å²) >= 11 is 0. The lowest BCUT2D eigenvalue weighted by molar-refractivity contribution is -0.140. The highest BCUT2D eigenvalue weighted by Gasteiger charge is 2.62. The van der Waals surface area contributed by atoms with E-state index >= 15 is 0 Å². The molecule has 1 saturated heterocycles. The van der Waals surface area contributed by atoms with Gasteiger partial charge in [0.05, 0.1) is 25.9 Å². The number of esters is 2. The van der Waals surface area contributed by atoms with E-state index in [0.29, 0.717) is 5.29 Å². The fraction of sp³-hybridized carbons (Fsp3) is 0.850. The smallest absolute Gasteiger partial charge is 0.338 e. The van der Waals surface area contributed by atoms with E-state index < -0.39 is 27.7 Å². The molecule has 0 amide bonds. The zero-order chi connectivity index (χ0) is 23.7. The predicted octanol–water partition coefficient (Wildman–Crippen LogP) is 4.10. The Bertz CT molecular complexity index is 670. The molecule has 10 heteroatoms. The van der Waals surface area contributed by atoms with Crippen LogP contribution in [0.15, 0.2) is 0 Å². The summed E-state index contributed by atoms with van der Waals surface area (Å²) in [5.41, 5.74) is -0.527. The average Bonchev–Trinajstić information content (AvgIpc) is 2.53. The Morgan fingerprint density at radius 1 is 0.900 bits per heavy atom. The lowest BCUT2D eigenvalue weighted by Gasteiger charge is -2.69. The summed E-state index contributed by atoms with van der Waals surface area (Å²) in [5, 5.41) is 7.91. The van der Waals surface area contributed by atoms with Gasteiger partial charge in [-0.15, -0.1) is 0 Å². The number of carbonyl (C=O) groups is 2. The van der Waals surface area contributed by atoms with Gasteiger partial charge in [0, 0.05) is 23.2 Å². The average molecular weight is 465 g/mol. The summed E-state index contributed by atoms with van der Waals surface area (Å²) in [7, 11) is -0.848. The molecule has 2 N–H and O–H groups in total. The molecule has 0 aromatic carbocycles. The molecule has 0 aliphatic carbocycles. The van der Waals surface area contributed by atoms with Crippen molar-refractivity contribution in [3.8, 4) is 0 Å². The highest BCUT2D eigenvalue weighted by molar-refractivity contribution is 7.91. The summed E-state index contributed by atoms with van der Waals surface area (Å²) in [6, 6.07) is 0.343. The van der Waals surface area contributed by atoms with Gasteiger partial charge in [0.2, 0.25) is 0 Å². The molecule has 0 radical (unpaired) electrons. The number of methoxy groups -OCH3 is 2. The second-order valence-electron chi connectivity index (χ2n) is 10.1. The van der Waals surface area contributed by atoms with E-state index in [9.17, 15) is 9.59 Å². The molecular weight excluding hydrogens is 422 g/mol. The third-order valence-corrected chi connectivity index (χ3v) is 13.8. The van der Waals surface area contributed by atoms with Gasteiger partial charge in [0.15, 0.2) is 0 Å². The third-order valence-electron chi connectivity index (χ3n) is 4.26. The van der Waals surface area contributed by atoms with E-state index in [0.717, 1.165) is 0 Å². The molecule has 0 aromatic rings. The lowest BCUT2D eigenvalue weighted by atomic mass is 10.1. The van der Waals surface area contributed by atoms with Gasteiger partial charge in [-0.25, -0.2) is 13.7 Å². The first-order valence-corrected chi connectivity index (χ1v) is 13.3. The molecular formula is C20H42N4O4P2. The lowest BCUT2D eigenvalue weighted by Crippen LogP contribution is -2.63. The Labute approximate surface area is 184 Å². The maximum Gasteiger partial charge on any atom is 0.338 e. The first-order valence-electron chi connectivity index (χ1n) is 10.4. The minimum Gasteiger partial charge on any atom is -0.469 e. The van der Waals surface area contributed by atoms with Crippen molar-refractivity contribution in [1.82, 2.24) is 19.1 Å². The van der Waals surface area contributed by atoms with Crippen molar-refractivity contribution in [3.05, 3.63) is 0 Å². The monoisotopic (exact) mass is 464 g/mol. The van der Waals surface area contributed by atoms with Gasteiger partial charge in [-0.3, -0.25) is 15.0 Å². The molecule has 1 aliphatic rings. The molecule has 0 atom stereocenters. The van der Waals surface area contributed by atoms with Gasteiger partial charge >= 0.3 is 11.9 Å². The maximum absolute atomic E-state index is 13.1. The van der Waals surface area contributed by atoms with Crippen molar-refractivity contribution in [2.75, 3.05) is 14.2 Å². The molecule has 1 rings (SSSR count). The van der Waals surface area contributed by atoms with Crippen molar-refractivity contribution < 1.29 is 19.1 Å². The van der Waals surface area contributed by atoms with Crippen LogP contribution in [0.1, 0.15) is 75.7 Å². The fourth-order valence-corrected chi connectivity index (χ4v) is 13.4. The van der Waals surface area contributed by atoms with Gasteiger partial charge in [-0.05, 0) is 69.2 Å². The molecule has 0 saturated carbocycles. The minimum atomic E-state index is -2.63. The van der Waals surface area contributed by atoms with Crippen molar-refractivity contribution in [2.45, 2.75) is 98.8 Å². The largest absolute Gasteiger partial charge is 0.469 e. The fourth-order valence-electron chi connectivity index (χ4n) is 3.56. The molecule has 0 unspecified atom stereocenters. The predicted molar refractivity (Wildman–Crippen MR) is 127 cm³/mol. The van der Waals surface area contributed by atoms with Crippen LogP contribution in [0.5, 0.6) is 0 Å². The van der Waals surface area contributed by atoms with Crippen LogP contribution in [0.4, 0.5) is 0 Å². The molecule has 0 spiro atoms. The molecule has 0 bridgehead atoms. The zero-order valence-electron chi connectivity index (χ0n) is 20.8. The van der Waals surface area contributed by atoms with E-state index in [-0.39, 0.29) is 29.6 Å². The number of ether oxygens (including phenoxy) is 2. The second kappa shape index (κ2) is 9.97. The maximum atomic E-state index is 13.1. The number of carbonyl (C=O) groups excluding carboxylic acids is 2. The summed E-state index contributed by atoms with van der Waals surface area (Å²) in [6.45, 7) is 21.3. The first kappa shape index (κ1) is 27.5. The molecule has 1 aliphatic heterocycles. The Kier molecular flexibility index (Phi) is 9.16. The van der Waals surface area contributed by atoms with E-state index in [4.69, 9.17) is 9.47 Å². The normalized spacial score (nSPS) is 23.5. The third kappa shape index (κ3) is 5.65. The van der Waals surface area contributed by atoms with Crippen molar-refractivity contribution in [2.24, 2.45) is 0 Å². The van der Waals surface area contributed by atoms with E-state index in [1.807, 2.05) is 0 Å². The van der Waals surface area contributed by atoms with E-state index in [1.54, 1.807) is 0 Å². The van der Waals surface area contributed by atoms with Gasteiger partial charge in [0.1, 0.15) is 15.7 Å². The molecule has 8 nitrogen and oxygen atoms in total. The Morgan fingerprint density at radius 3 is 1.67 bits per heavy atom. The van der Waals surface area contributed by atoms with Gasteiger partial charge in [0.25, 0.3) is 0 Å². The van der Waals surface area contributed by atoms with Crippen molar-refractivity contribution >= 4 is 32.9 Å². The van der Waals surface area contributed by atoms with E-state index in [1.165, 1.54) is 14.2 Å². The molecule has 1 fully saturated rings. The number of rotatable bonds is 7. The van der Waals surface area contributed by atoms with Gasteiger partial charge in [-0.2, -0.15) is 0 Å². The SMILES string of the molecule is COC(=O)CC(C(=O)OC)=P1(NC(C)C)N(C(C)(C)C)P(NC(C)C)N1C(C)(C)C. The van der Waals surface area contributed by atoms with Crippen LogP contribution >= 0.6 is 15.7 Å². The van der Waals surface area contributed by atoms with Crippen molar-refractivity contribution in [3.63, 3.8) is 0 Å². The van der Waals surface area contributed by atoms with Gasteiger partial charge < -0.3 is 9.47 Å². The van der Waals surface area contributed by atoms with Crippen LogP contribution in [0.25, 0.3) is 0 Å². The molecule has 176 valence electrons. The Morgan fingerprint density at radius 2 is 1.37 bits per heavy atom. The molecule has 0 aromatic heterocycles. The molecule has 30 heavy (non-hydrogen) atoms. The summed E-state index contributed by atoms with van der Waals surface area (Å²) in [4.78, 5) is 25.5.